The zero-order valence-corrected chi connectivity index (χ0v) is 12.7. The van der Waals surface area contributed by atoms with E-state index in [0.29, 0.717) is 5.52 Å². The third kappa shape index (κ3) is 3.58. The number of rotatable bonds is 4. The van der Waals surface area contributed by atoms with Crippen molar-refractivity contribution in [3.8, 4) is 5.75 Å². The summed E-state index contributed by atoms with van der Waals surface area (Å²) < 4.78 is 0. The lowest BCUT2D eigenvalue weighted by molar-refractivity contribution is -0.385. The fourth-order valence-electron chi connectivity index (χ4n) is 2.16. The maximum atomic E-state index is 12.1. The summed E-state index contributed by atoms with van der Waals surface area (Å²) in [5, 5.41) is 26.9. The Labute approximate surface area is 141 Å². The molecule has 0 aliphatic rings. The van der Waals surface area contributed by atoms with Gasteiger partial charge in [-0.25, -0.2) is 10.4 Å². The van der Waals surface area contributed by atoms with E-state index in [2.05, 4.69) is 15.5 Å². The number of nitro groups is 1. The maximum Gasteiger partial charge on any atom is 0.289 e. The number of amides is 1. The van der Waals surface area contributed by atoms with Crippen molar-refractivity contribution in [2.24, 2.45) is 5.10 Å². The number of para-hydroxylation sites is 1. The predicted octanol–water partition coefficient (Wildman–Crippen LogP) is 1.98. The lowest BCUT2D eigenvalue weighted by atomic mass is 10.2. The topological polar surface area (TPSA) is 121 Å². The monoisotopic (exact) mass is 335 g/mol. The van der Waals surface area contributed by atoms with Crippen molar-refractivity contribution in [1.82, 2.24) is 10.4 Å². The van der Waals surface area contributed by atoms with Crippen LogP contribution in [0, 0.1) is 10.1 Å². The van der Waals surface area contributed by atoms with Gasteiger partial charge in [-0.05, 0) is 17.7 Å². The zero-order valence-electron chi connectivity index (χ0n) is 12.7. The van der Waals surface area contributed by atoms with Crippen LogP contribution >= 0.6 is 0 Å². The average molecular weight is 335 g/mol. The van der Waals surface area contributed by atoms with E-state index in [9.17, 15) is 20.0 Å². The van der Waals surface area contributed by atoms with Gasteiger partial charge in [-0.1, -0.05) is 36.1 Å². The lowest BCUT2D eigenvalue weighted by Crippen LogP contribution is -2.19. The van der Waals surface area contributed by atoms with Gasteiger partial charge in [-0.3, -0.25) is 14.9 Å². The van der Waals surface area contributed by atoms with E-state index in [-0.39, 0.29) is 16.9 Å². The number of carbonyl (C=O) groups is 1. The molecule has 0 spiro atoms. The van der Waals surface area contributed by atoms with E-state index < -0.39 is 16.6 Å². The van der Waals surface area contributed by atoms with Crippen LogP contribution in [0.15, 0.2) is 59.7 Å². The molecule has 1 aromatic heterocycles. The van der Waals surface area contributed by atoms with Gasteiger partial charge in [0.2, 0.25) is 0 Å². The molecule has 0 bridgehead atoms. The minimum atomic E-state index is -0.617. The number of carbonyl (C=O) groups excluding carboxylic acids is 1. The Morgan fingerprint density at radius 3 is 2.76 bits per heavy atom. The number of non-ortho nitro benzene ring substituents is 1. The molecule has 0 radical (unpaired) electrons. The van der Waals surface area contributed by atoms with Gasteiger partial charge in [0, 0.05) is 17.5 Å². The van der Waals surface area contributed by atoms with Crippen molar-refractivity contribution in [2.45, 2.75) is 0 Å². The number of benzene rings is 2. The molecule has 3 aromatic rings. The van der Waals surface area contributed by atoms with Crippen LogP contribution in [0.3, 0.4) is 0 Å². The highest BCUT2D eigenvalue weighted by Gasteiger charge is 2.08. The summed E-state index contributed by atoms with van der Waals surface area (Å²) in [4.78, 5) is 26.4. The average Bonchev–Trinajstić information content (AvgIpc) is 2.62. The molecule has 8 nitrogen and oxygen atoms in total. The first-order valence-electron chi connectivity index (χ1n) is 7.19. The van der Waals surface area contributed by atoms with E-state index >= 15 is 0 Å². The van der Waals surface area contributed by atoms with E-state index in [1.165, 1.54) is 0 Å². The third-order valence-electron chi connectivity index (χ3n) is 3.40. The Balaban J connectivity index is 1.76. The largest absolute Gasteiger partial charge is 0.872 e. The summed E-state index contributed by atoms with van der Waals surface area (Å²) in [5.41, 5.74) is 2.85. The lowest BCUT2D eigenvalue weighted by Gasteiger charge is -2.08. The molecule has 0 fully saturated rings. The maximum absolute atomic E-state index is 12.1. The van der Waals surface area contributed by atoms with Crippen LogP contribution in [0.25, 0.3) is 10.9 Å². The van der Waals surface area contributed by atoms with Crippen molar-refractivity contribution in [3.05, 3.63) is 76.0 Å². The summed E-state index contributed by atoms with van der Waals surface area (Å²) >= 11 is 0. The van der Waals surface area contributed by atoms with Crippen LogP contribution < -0.4 is 10.5 Å². The first-order chi connectivity index (χ1) is 12.0. The molecule has 1 N–H and O–H groups in total. The molecule has 0 aliphatic carbocycles. The fraction of sp³-hybridized carbons (Fsp3) is 0. The Morgan fingerprint density at radius 1 is 1.16 bits per heavy atom. The number of nitrogens with zero attached hydrogens (tertiary/aromatic N) is 3. The highest BCUT2D eigenvalue weighted by Crippen LogP contribution is 2.19. The first kappa shape index (κ1) is 16.1. The molecule has 0 saturated heterocycles. The highest BCUT2D eigenvalue weighted by molar-refractivity contribution is 5.95. The Hall–Kier alpha value is -3.81. The number of nitrogens with one attached hydrogen (secondary N) is 1. The number of nitro benzene ring substituents is 1. The Bertz CT molecular complexity index is 1000. The molecule has 2 aromatic carbocycles. The molecule has 124 valence electrons. The summed E-state index contributed by atoms with van der Waals surface area (Å²) in [6.07, 6.45) is 1.06. The fourth-order valence-corrected chi connectivity index (χ4v) is 2.16. The van der Waals surface area contributed by atoms with E-state index in [4.69, 9.17) is 0 Å². The van der Waals surface area contributed by atoms with E-state index in [0.717, 1.165) is 29.8 Å². The van der Waals surface area contributed by atoms with Gasteiger partial charge in [-0.2, -0.15) is 5.10 Å². The van der Waals surface area contributed by atoms with Crippen LogP contribution in [-0.2, 0) is 0 Å². The number of hydrogen-bond donors (Lipinski definition) is 1. The van der Waals surface area contributed by atoms with E-state index in [1.54, 1.807) is 18.2 Å². The van der Waals surface area contributed by atoms with Crippen molar-refractivity contribution in [3.63, 3.8) is 0 Å². The molecule has 0 unspecified atom stereocenters. The number of pyridine rings is 1. The van der Waals surface area contributed by atoms with Crippen molar-refractivity contribution < 1.29 is 14.8 Å². The van der Waals surface area contributed by atoms with Gasteiger partial charge >= 0.3 is 0 Å². The van der Waals surface area contributed by atoms with Crippen LogP contribution in [0.2, 0.25) is 0 Å². The summed E-state index contributed by atoms with van der Waals surface area (Å²) in [6, 6.07) is 13.9. The zero-order chi connectivity index (χ0) is 17.8. The third-order valence-corrected chi connectivity index (χ3v) is 3.40. The number of hydrazone groups is 1. The minimum Gasteiger partial charge on any atom is -0.872 e. The normalized spacial score (nSPS) is 10.9. The van der Waals surface area contributed by atoms with Crippen LogP contribution in [0.5, 0.6) is 5.75 Å². The van der Waals surface area contributed by atoms with Crippen LogP contribution in [0.4, 0.5) is 5.69 Å². The second-order valence-electron chi connectivity index (χ2n) is 5.07. The molecule has 8 heteroatoms. The van der Waals surface area contributed by atoms with Gasteiger partial charge in [-0.15, -0.1) is 0 Å². The molecule has 0 aliphatic heterocycles. The second kappa shape index (κ2) is 6.75. The van der Waals surface area contributed by atoms with Crippen LogP contribution in [-0.4, -0.2) is 22.0 Å². The van der Waals surface area contributed by atoms with Gasteiger partial charge in [0.25, 0.3) is 11.6 Å². The Morgan fingerprint density at radius 2 is 1.96 bits per heavy atom. The van der Waals surface area contributed by atoms with E-state index in [1.807, 2.05) is 18.2 Å². The van der Waals surface area contributed by atoms with Gasteiger partial charge < -0.3 is 5.11 Å². The molecule has 1 amide bonds. The van der Waals surface area contributed by atoms with Gasteiger partial charge in [0.05, 0.1) is 16.7 Å². The summed E-state index contributed by atoms with van der Waals surface area (Å²) in [5.74, 6) is -0.993. The first-order valence-corrected chi connectivity index (χ1v) is 7.19. The van der Waals surface area contributed by atoms with Gasteiger partial charge in [0.1, 0.15) is 5.69 Å². The standard InChI is InChI=1S/C17H12N4O4/c22-16-8-6-13(21(24)25)9-12(16)10-18-20-17(23)15-7-5-11-3-1-2-4-14(11)19-15/h1-10,22H,(H,20,23)/p-1/b18-10-. The SMILES string of the molecule is O=C(N/N=C\c1cc([N+](=O)[O-])ccc1[O-])c1ccc2ccccc2n1. The number of aromatic nitrogens is 1. The highest BCUT2D eigenvalue weighted by atomic mass is 16.6. The number of hydrogen-bond acceptors (Lipinski definition) is 6. The summed E-state index contributed by atoms with van der Waals surface area (Å²) in [6.45, 7) is 0. The molecule has 0 saturated carbocycles. The van der Waals surface area contributed by atoms with Crippen molar-refractivity contribution >= 4 is 28.7 Å². The molecular formula is C17H11N4O4-. The smallest absolute Gasteiger partial charge is 0.289 e. The second-order valence-corrected chi connectivity index (χ2v) is 5.07. The van der Waals surface area contributed by atoms with Crippen LogP contribution in [0.1, 0.15) is 16.1 Å². The van der Waals surface area contributed by atoms with Crippen molar-refractivity contribution in [2.75, 3.05) is 0 Å². The molecule has 1 heterocycles. The quantitative estimate of drug-likeness (QED) is 0.444. The molecular weight excluding hydrogens is 324 g/mol. The predicted molar refractivity (Wildman–Crippen MR) is 89.3 cm³/mol. The van der Waals surface area contributed by atoms with Gasteiger partial charge in [0.15, 0.2) is 0 Å². The number of fused-ring (bicyclic) bond motifs is 1. The molecule has 25 heavy (non-hydrogen) atoms. The minimum absolute atomic E-state index is 0.000899. The molecule has 3 rings (SSSR count). The molecule has 0 atom stereocenters. The Kier molecular flexibility index (Phi) is 4.34. The van der Waals surface area contributed by atoms with Crippen molar-refractivity contribution in [1.29, 1.82) is 0 Å². The summed E-state index contributed by atoms with van der Waals surface area (Å²) in [7, 11) is 0.